The summed E-state index contributed by atoms with van der Waals surface area (Å²) >= 11 is 0. The van der Waals surface area contributed by atoms with E-state index in [-0.39, 0.29) is 17.2 Å². The predicted octanol–water partition coefficient (Wildman–Crippen LogP) is 2.19. The quantitative estimate of drug-likeness (QED) is 0.737. The standard InChI is InChI=1S/C14H17NO5/c1-14(2,3)20-13(18)15-9(12(17)19-4)7-8-5-6-10(16)11(8)15/h7H,5-6H2,1-4H3. The van der Waals surface area contributed by atoms with Crippen LogP contribution >= 0.6 is 0 Å². The number of Topliss-reactive ketones (excluding diaryl/α,β-unsaturated/α-hetero) is 1. The number of methoxy groups -OCH3 is 1. The van der Waals surface area contributed by atoms with E-state index >= 15 is 0 Å². The van der Waals surface area contributed by atoms with Crippen molar-refractivity contribution in [3.63, 3.8) is 0 Å². The van der Waals surface area contributed by atoms with Crippen LogP contribution in [0.15, 0.2) is 6.07 Å². The van der Waals surface area contributed by atoms with Crippen LogP contribution in [0.4, 0.5) is 4.79 Å². The van der Waals surface area contributed by atoms with E-state index in [1.807, 2.05) is 0 Å². The van der Waals surface area contributed by atoms with Crippen molar-refractivity contribution in [2.24, 2.45) is 0 Å². The Morgan fingerprint density at radius 3 is 2.45 bits per heavy atom. The Morgan fingerprint density at radius 2 is 1.90 bits per heavy atom. The molecule has 0 aromatic carbocycles. The van der Waals surface area contributed by atoms with Crippen LogP contribution in [0.25, 0.3) is 0 Å². The molecule has 1 aliphatic carbocycles. The number of esters is 1. The SMILES string of the molecule is COC(=O)c1cc2c(n1C(=O)OC(C)(C)C)C(=O)CC2. The highest BCUT2D eigenvalue weighted by Gasteiger charge is 2.34. The number of carbonyl (C=O) groups excluding carboxylic acids is 3. The first-order chi connectivity index (χ1) is 9.24. The normalized spacial score (nSPS) is 14.1. The predicted molar refractivity (Wildman–Crippen MR) is 70.1 cm³/mol. The van der Waals surface area contributed by atoms with E-state index in [0.717, 1.165) is 4.57 Å². The summed E-state index contributed by atoms with van der Waals surface area (Å²) < 4.78 is 10.9. The highest BCUT2D eigenvalue weighted by atomic mass is 16.6. The van der Waals surface area contributed by atoms with Gasteiger partial charge in [0.05, 0.1) is 12.8 Å². The van der Waals surface area contributed by atoms with Crippen molar-refractivity contribution >= 4 is 17.8 Å². The largest absolute Gasteiger partial charge is 0.464 e. The Bertz CT molecular complexity index is 591. The summed E-state index contributed by atoms with van der Waals surface area (Å²) in [4.78, 5) is 35.9. The molecule has 0 spiro atoms. The van der Waals surface area contributed by atoms with Crippen LogP contribution in [0, 0.1) is 0 Å². The summed E-state index contributed by atoms with van der Waals surface area (Å²) in [5, 5.41) is 0. The zero-order chi connectivity index (χ0) is 15.1. The van der Waals surface area contributed by atoms with Gasteiger partial charge in [-0.1, -0.05) is 0 Å². The summed E-state index contributed by atoms with van der Waals surface area (Å²) in [6.07, 6.45) is 0.123. The monoisotopic (exact) mass is 279 g/mol. The molecule has 0 radical (unpaired) electrons. The second-order valence-electron chi connectivity index (χ2n) is 5.63. The van der Waals surface area contributed by atoms with Crippen LogP contribution in [-0.4, -0.2) is 35.1 Å². The van der Waals surface area contributed by atoms with Crippen LogP contribution in [0.3, 0.4) is 0 Å². The fraction of sp³-hybridized carbons (Fsp3) is 0.500. The summed E-state index contributed by atoms with van der Waals surface area (Å²) in [5.41, 5.74) is 0.226. The number of aromatic nitrogens is 1. The number of nitrogens with zero attached hydrogens (tertiary/aromatic N) is 1. The van der Waals surface area contributed by atoms with Gasteiger partial charge in [-0.05, 0) is 38.8 Å². The number of carbonyl (C=O) groups is 3. The molecule has 6 nitrogen and oxygen atoms in total. The molecule has 0 N–H and O–H groups in total. The molecule has 108 valence electrons. The molecule has 0 aliphatic heterocycles. The van der Waals surface area contributed by atoms with Gasteiger partial charge >= 0.3 is 12.1 Å². The topological polar surface area (TPSA) is 74.6 Å². The van der Waals surface area contributed by atoms with Crippen molar-refractivity contribution < 1.29 is 23.9 Å². The Kier molecular flexibility index (Phi) is 3.41. The fourth-order valence-electron chi connectivity index (χ4n) is 2.17. The highest BCUT2D eigenvalue weighted by Crippen LogP contribution is 2.27. The number of ether oxygens (including phenoxy) is 2. The van der Waals surface area contributed by atoms with Crippen LogP contribution in [0.5, 0.6) is 0 Å². The molecule has 0 bridgehead atoms. The molecular weight excluding hydrogens is 262 g/mol. The third-order valence-corrected chi connectivity index (χ3v) is 2.94. The lowest BCUT2D eigenvalue weighted by molar-refractivity contribution is 0.0477. The lowest BCUT2D eigenvalue weighted by atomic mass is 10.2. The van der Waals surface area contributed by atoms with Gasteiger partial charge in [0.1, 0.15) is 11.3 Å². The van der Waals surface area contributed by atoms with Crippen LogP contribution in [-0.2, 0) is 15.9 Å². The van der Waals surface area contributed by atoms with Crippen LogP contribution in [0.2, 0.25) is 0 Å². The molecule has 1 aromatic heterocycles. The van der Waals surface area contributed by atoms with Gasteiger partial charge in [0.25, 0.3) is 0 Å². The minimum Gasteiger partial charge on any atom is -0.464 e. The van der Waals surface area contributed by atoms with E-state index in [9.17, 15) is 14.4 Å². The molecule has 20 heavy (non-hydrogen) atoms. The van der Waals surface area contributed by atoms with E-state index in [1.54, 1.807) is 20.8 Å². The number of ketones is 1. The van der Waals surface area contributed by atoms with Crippen LogP contribution in [0.1, 0.15) is 53.7 Å². The smallest absolute Gasteiger partial charge is 0.419 e. The summed E-state index contributed by atoms with van der Waals surface area (Å²) in [6.45, 7) is 5.15. The number of aryl methyl sites for hydroxylation is 1. The van der Waals surface area contributed by atoms with E-state index in [1.165, 1.54) is 13.2 Å². The minimum atomic E-state index is -0.741. The molecule has 0 fully saturated rings. The average Bonchev–Trinajstić information content (AvgIpc) is 2.86. The van der Waals surface area contributed by atoms with Gasteiger partial charge in [0, 0.05) is 6.42 Å². The van der Waals surface area contributed by atoms with Gasteiger partial charge < -0.3 is 9.47 Å². The Labute approximate surface area is 116 Å². The third kappa shape index (κ3) is 2.45. The molecule has 6 heteroatoms. The van der Waals surface area contributed by atoms with Crippen molar-refractivity contribution in [1.29, 1.82) is 0 Å². The van der Waals surface area contributed by atoms with E-state index in [0.29, 0.717) is 18.4 Å². The molecule has 1 heterocycles. The average molecular weight is 279 g/mol. The summed E-state index contributed by atoms with van der Waals surface area (Å²) in [7, 11) is 1.22. The summed E-state index contributed by atoms with van der Waals surface area (Å²) in [6, 6.07) is 1.52. The lowest BCUT2D eigenvalue weighted by Gasteiger charge is -2.20. The number of rotatable bonds is 1. The first kappa shape index (κ1) is 14.3. The highest BCUT2D eigenvalue weighted by molar-refractivity contribution is 6.05. The van der Waals surface area contributed by atoms with Crippen molar-refractivity contribution in [2.75, 3.05) is 7.11 Å². The van der Waals surface area contributed by atoms with Gasteiger partial charge in [-0.15, -0.1) is 0 Å². The molecule has 0 saturated carbocycles. The van der Waals surface area contributed by atoms with Crippen molar-refractivity contribution in [1.82, 2.24) is 4.57 Å². The van der Waals surface area contributed by atoms with E-state index < -0.39 is 17.7 Å². The Morgan fingerprint density at radius 1 is 1.25 bits per heavy atom. The van der Waals surface area contributed by atoms with Crippen molar-refractivity contribution in [3.05, 3.63) is 23.0 Å². The number of hydrogen-bond donors (Lipinski definition) is 0. The molecule has 0 saturated heterocycles. The Balaban J connectivity index is 2.52. The zero-order valence-corrected chi connectivity index (χ0v) is 12.0. The van der Waals surface area contributed by atoms with Gasteiger partial charge in [-0.3, -0.25) is 4.79 Å². The minimum absolute atomic E-state index is 0.0276. The zero-order valence-electron chi connectivity index (χ0n) is 12.0. The molecule has 2 rings (SSSR count). The van der Waals surface area contributed by atoms with Crippen molar-refractivity contribution in [2.45, 2.75) is 39.2 Å². The van der Waals surface area contributed by atoms with Gasteiger partial charge in [0.15, 0.2) is 5.78 Å². The maximum absolute atomic E-state index is 12.2. The van der Waals surface area contributed by atoms with Gasteiger partial charge in [-0.2, -0.15) is 0 Å². The second kappa shape index (κ2) is 4.77. The second-order valence-corrected chi connectivity index (χ2v) is 5.63. The molecular formula is C14H17NO5. The van der Waals surface area contributed by atoms with Gasteiger partial charge in [0.2, 0.25) is 0 Å². The van der Waals surface area contributed by atoms with Crippen molar-refractivity contribution in [3.8, 4) is 0 Å². The summed E-state index contributed by atoms with van der Waals surface area (Å²) in [5.74, 6) is -0.834. The van der Waals surface area contributed by atoms with Crippen LogP contribution < -0.4 is 0 Å². The molecule has 1 aromatic rings. The number of fused-ring (bicyclic) bond motifs is 1. The van der Waals surface area contributed by atoms with E-state index in [4.69, 9.17) is 4.74 Å². The molecule has 0 atom stereocenters. The first-order valence-electron chi connectivity index (χ1n) is 6.34. The molecule has 0 amide bonds. The maximum atomic E-state index is 12.2. The fourth-order valence-corrected chi connectivity index (χ4v) is 2.17. The molecule has 0 unspecified atom stereocenters. The first-order valence-corrected chi connectivity index (χ1v) is 6.34. The van der Waals surface area contributed by atoms with E-state index in [2.05, 4.69) is 4.74 Å². The third-order valence-electron chi connectivity index (χ3n) is 2.94. The maximum Gasteiger partial charge on any atom is 0.419 e. The Hall–Kier alpha value is -2.11. The lowest BCUT2D eigenvalue weighted by Crippen LogP contribution is -2.30. The number of hydrogen-bond acceptors (Lipinski definition) is 5. The molecule has 1 aliphatic rings. The van der Waals surface area contributed by atoms with Gasteiger partial charge in [-0.25, -0.2) is 14.2 Å².